The molecule has 33 heavy (non-hydrogen) atoms. The SMILES string of the molecule is CC[C@H]1O[C@@H](n2cc(C)c(NC(=O)c3ccccc3)nc2=O)[C@@H](C)C1OP1SC(C)C(C)S1. The molecule has 0 saturated carbocycles. The van der Waals surface area contributed by atoms with Crippen LogP contribution in [0.4, 0.5) is 5.82 Å². The molecule has 10 heteroatoms. The van der Waals surface area contributed by atoms with Crippen molar-refractivity contribution >= 4 is 41.0 Å². The van der Waals surface area contributed by atoms with Crippen LogP contribution >= 0.6 is 29.3 Å². The van der Waals surface area contributed by atoms with Gasteiger partial charge in [-0.25, -0.2) is 4.79 Å². The van der Waals surface area contributed by atoms with Gasteiger partial charge in [-0.2, -0.15) is 4.98 Å². The fraction of sp³-hybridized carbons (Fsp3) is 0.522. The van der Waals surface area contributed by atoms with Crippen LogP contribution in [0.5, 0.6) is 0 Å². The highest BCUT2D eigenvalue weighted by molar-refractivity contribution is 8.88. The highest BCUT2D eigenvalue weighted by atomic mass is 33.1. The van der Waals surface area contributed by atoms with Crippen LogP contribution < -0.4 is 11.0 Å². The van der Waals surface area contributed by atoms with Crippen molar-refractivity contribution in [1.82, 2.24) is 9.55 Å². The van der Waals surface area contributed by atoms with Gasteiger partial charge in [-0.05, 0) is 25.5 Å². The molecule has 1 amide bonds. The number of hydrogen-bond acceptors (Lipinski definition) is 7. The molecular weight excluding hydrogens is 477 g/mol. The van der Waals surface area contributed by atoms with Gasteiger partial charge < -0.3 is 14.6 Å². The molecule has 178 valence electrons. The summed E-state index contributed by atoms with van der Waals surface area (Å²) in [5.74, 6) is -0.0417. The first-order valence-corrected chi connectivity index (χ1v) is 15.4. The Kier molecular flexibility index (Phi) is 7.86. The molecule has 6 atom stereocenters. The fourth-order valence-electron chi connectivity index (χ4n) is 3.95. The average molecular weight is 508 g/mol. The summed E-state index contributed by atoms with van der Waals surface area (Å²) in [4.78, 5) is 29.6. The van der Waals surface area contributed by atoms with Gasteiger partial charge in [0.05, 0.1) is 12.2 Å². The highest BCUT2D eigenvalue weighted by Gasteiger charge is 2.46. The van der Waals surface area contributed by atoms with Crippen molar-refractivity contribution in [2.24, 2.45) is 5.92 Å². The molecule has 1 aromatic heterocycles. The lowest BCUT2D eigenvalue weighted by atomic mass is 10.0. The Balaban J connectivity index is 1.52. The normalized spacial score (nSPS) is 31.6. The van der Waals surface area contributed by atoms with Crippen molar-refractivity contribution < 1.29 is 14.1 Å². The van der Waals surface area contributed by atoms with E-state index in [9.17, 15) is 9.59 Å². The van der Waals surface area contributed by atoms with E-state index in [1.165, 1.54) is 4.57 Å². The zero-order valence-electron chi connectivity index (χ0n) is 19.4. The van der Waals surface area contributed by atoms with E-state index >= 15 is 0 Å². The third kappa shape index (κ3) is 5.33. The van der Waals surface area contributed by atoms with Crippen LogP contribution in [-0.2, 0) is 9.26 Å². The molecule has 0 spiro atoms. The summed E-state index contributed by atoms with van der Waals surface area (Å²) in [6, 6.07) is 8.86. The molecular formula is C23H30N3O4PS2. The van der Waals surface area contributed by atoms with Gasteiger partial charge in [0.15, 0.2) is 6.55 Å². The zero-order valence-corrected chi connectivity index (χ0v) is 22.0. The van der Waals surface area contributed by atoms with Gasteiger partial charge in [0.2, 0.25) is 0 Å². The maximum atomic E-state index is 13.0. The number of hydrogen-bond donors (Lipinski definition) is 1. The van der Waals surface area contributed by atoms with Crippen molar-refractivity contribution in [3.63, 3.8) is 0 Å². The molecule has 2 aliphatic rings. The maximum Gasteiger partial charge on any atom is 0.351 e. The largest absolute Gasteiger partial charge is 0.352 e. The molecule has 2 fully saturated rings. The predicted molar refractivity (Wildman–Crippen MR) is 137 cm³/mol. The third-order valence-corrected chi connectivity index (χ3v) is 13.6. The van der Waals surface area contributed by atoms with E-state index in [4.69, 9.17) is 9.26 Å². The molecule has 2 aromatic rings. The van der Waals surface area contributed by atoms with Gasteiger partial charge in [0.1, 0.15) is 12.0 Å². The van der Waals surface area contributed by atoms with E-state index in [1.807, 2.05) is 35.8 Å². The van der Waals surface area contributed by atoms with Crippen molar-refractivity contribution in [1.29, 1.82) is 0 Å². The summed E-state index contributed by atoms with van der Waals surface area (Å²) >= 11 is 3.82. The minimum atomic E-state index is -0.630. The lowest BCUT2D eigenvalue weighted by molar-refractivity contribution is -0.0215. The summed E-state index contributed by atoms with van der Waals surface area (Å²) in [5.41, 5.74) is 0.754. The number of nitrogens with one attached hydrogen (secondary N) is 1. The van der Waals surface area contributed by atoms with Crippen LogP contribution in [0.3, 0.4) is 0 Å². The van der Waals surface area contributed by atoms with Gasteiger partial charge in [0, 0.05) is 33.7 Å². The fourth-order valence-corrected chi connectivity index (χ4v) is 13.0. The molecule has 0 aliphatic carbocycles. The van der Waals surface area contributed by atoms with Crippen molar-refractivity contribution in [3.05, 3.63) is 58.1 Å². The standard InChI is InChI=1S/C23H30N3O4PS2/c1-6-18-19(30-31-32-15(4)16(5)33-31)14(3)22(29-18)26-12-13(2)20(25-23(26)28)24-21(27)17-10-8-7-9-11-17/h7-12,14-16,18-19,22H,6H2,1-5H3,(H,24,25,27,28)/t14-,15?,16?,18+,19?,22+,31?/m0/s1. The van der Waals surface area contributed by atoms with Crippen molar-refractivity contribution in [3.8, 4) is 0 Å². The number of benzene rings is 1. The number of aromatic nitrogens is 2. The Morgan fingerprint density at radius 2 is 1.88 bits per heavy atom. The third-order valence-electron chi connectivity index (χ3n) is 6.10. The zero-order chi connectivity index (χ0) is 23.7. The first-order valence-electron chi connectivity index (χ1n) is 11.2. The Labute approximate surface area is 203 Å². The number of carbonyl (C=O) groups excluding carboxylic acids is 1. The number of carbonyl (C=O) groups is 1. The van der Waals surface area contributed by atoms with E-state index < -0.39 is 18.5 Å². The lowest BCUT2D eigenvalue weighted by Gasteiger charge is -2.24. The van der Waals surface area contributed by atoms with Crippen LogP contribution in [0.1, 0.15) is 56.3 Å². The summed E-state index contributed by atoms with van der Waals surface area (Å²) < 4.78 is 14.4. The average Bonchev–Trinajstić information content (AvgIpc) is 3.29. The van der Waals surface area contributed by atoms with Crippen molar-refractivity contribution in [2.45, 2.75) is 70.0 Å². The summed E-state index contributed by atoms with van der Waals surface area (Å²) in [6.07, 6.45) is 1.92. The minimum absolute atomic E-state index is 0.00600. The Bertz CT molecular complexity index is 1040. The van der Waals surface area contributed by atoms with Crippen LogP contribution in [0.25, 0.3) is 0 Å². The molecule has 4 rings (SSSR count). The number of aryl methyl sites for hydroxylation is 1. The van der Waals surface area contributed by atoms with E-state index in [-0.39, 0.29) is 29.9 Å². The molecule has 1 aromatic carbocycles. The maximum absolute atomic E-state index is 13.0. The van der Waals surface area contributed by atoms with Crippen LogP contribution in [0.15, 0.2) is 41.3 Å². The molecule has 0 bridgehead atoms. The smallest absolute Gasteiger partial charge is 0.351 e. The number of rotatable bonds is 6. The number of nitrogens with zero attached hydrogens (tertiary/aromatic N) is 2. The van der Waals surface area contributed by atoms with E-state index in [0.717, 1.165) is 6.42 Å². The van der Waals surface area contributed by atoms with E-state index in [0.29, 0.717) is 21.6 Å². The van der Waals surface area contributed by atoms with Gasteiger partial charge in [-0.1, -0.05) is 68.7 Å². The Hall–Kier alpha value is -1.38. The predicted octanol–water partition coefficient (Wildman–Crippen LogP) is 5.62. The van der Waals surface area contributed by atoms with Gasteiger partial charge >= 0.3 is 5.69 Å². The minimum Gasteiger partial charge on any atom is -0.352 e. The van der Waals surface area contributed by atoms with Crippen LogP contribution in [-0.4, -0.2) is 38.2 Å². The Morgan fingerprint density at radius 3 is 2.52 bits per heavy atom. The molecule has 2 aliphatic heterocycles. The Morgan fingerprint density at radius 1 is 1.21 bits per heavy atom. The topological polar surface area (TPSA) is 82.5 Å². The molecule has 3 unspecified atom stereocenters. The molecule has 3 heterocycles. The lowest BCUT2D eigenvalue weighted by Crippen LogP contribution is -2.32. The molecule has 1 N–H and O–H groups in total. The van der Waals surface area contributed by atoms with Crippen LogP contribution in [0.2, 0.25) is 0 Å². The number of anilines is 1. The molecule has 7 nitrogen and oxygen atoms in total. The molecule has 2 saturated heterocycles. The second kappa shape index (κ2) is 10.5. The van der Waals surface area contributed by atoms with Crippen LogP contribution in [0, 0.1) is 12.8 Å². The number of amides is 1. The van der Waals surface area contributed by atoms with Crippen molar-refractivity contribution in [2.75, 3.05) is 5.32 Å². The second-order valence-electron chi connectivity index (χ2n) is 8.53. The van der Waals surface area contributed by atoms with E-state index in [2.05, 4.69) is 38.0 Å². The monoisotopic (exact) mass is 507 g/mol. The molecule has 0 radical (unpaired) electrons. The first kappa shape index (κ1) is 24.7. The van der Waals surface area contributed by atoms with Gasteiger partial charge in [-0.15, -0.1) is 0 Å². The van der Waals surface area contributed by atoms with Gasteiger partial charge in [-0.3, -0.25) is 9.36 Å². The summed E-state index contributed by atoms with van der Waals surface area (Å²) in [5, 5.41) is 3.89. The van der Waals surface area contributed by atoms with Gasteiger partial charge in [0.25, 0.3) is 5.91 Å². The number of ether oxygens (including phenoxy) is 1. The summed E-state index contributed by atoms with van der Waals surface area (Å²) in [7, 11) is 0. The first-order chi connectivity index (χ1) is 15.8. The van der Waals surface area contributed by atoms with E-state index in [1.54, 1.807) is 30.5 Å². The summed E-state index contributed by atoms with van der Waals surface area (Å²) in [6.45, 7) is 9.84. The quantitative estimate of drug-likeness (QED) is 0.509. The second-order valence-corrected chi connectivity index (χ2v) is 15.0. The highest BCUT2D eigenvalue weighted by Crippen LogP contribution is 2.73.